The summed E-state index contributed by atoms with van der Waals surface area (Å²) >= 11 is 5.86. The van der Waals surface area contributed by atoms with Crippen molar-refractivity contribution >= 4 is 27.3 Å². The van der Waals surface area contributed by atoms with E-state index in [9.17, 15) is 13.2 Å². The fourth-order valence-corrected chi connectivity index (χ4v) is 4.04. The molecule has 1 atom stereocenters. The summed E-state index contributed by atoms with van der Waals surface area (Å²) in [4.78, 5) is 12.1. The number of hydrogen-bond donors (Lipinski definition) is 1. The summed E-state index contributed by atoms with van der Waals surface area (Å²) in [6, 6.07) is 6.83. The molecule has 1 amide bonds. The molecule has 1 aromatic rings. The third kappa shape index (κ3) is 4.45. The van der Waals surface area contributed by atoms with E-state index < -0.39 is 21.0 Å². The Morgan fingerprint density at radius 3 is 2.67 bits per heavy atom. The van der Waals surface area contributed by atoms with Crippen molar-refractivity contribution in [3.8, 4) is 0 Å². The number of benzene rings is 1. The van der Waals surface area contributed by atoms with Crippen LogP contribution in [-0.4, -0.2) is 25.6 Å². The molecular formula is C15H20ClNO3S. The highest BCUT2D eigenvalue weighted by Crippen LogP contribution is 2.19. The molecule has 0 saturated heterocycles. The monoisotopic (exact) mass is 329 g/mol. The van der Waals surface area contributed by atoms with Gasteiger partial charge in [-0.05, 0) is 37.5 Å². The molecule has 0 unspecified atom stereocenters. The zero-order chi connectivity index (χ0) is 15.5. The highest BCUT2D eigenvalue weighted by Gasteiger charge is 2.30. The van der Waals surface area contributed by atoms with Crippen molar-refractivity contribution in [2.75, 3.05) is 0 Å². The fraction of sp³-hybridized carbons (Fsp3) is 0.533. The molecule has 116 valence electrons. The van der Waals surface area contributed by atoms with E-state index >= 15 is 0 Å². The molecule has 0 bridgehead atoms. The number of hydrogen-bond acceptors (Lipinski definition) is 3. The molecule has 1 saturated carbocycles. The van der Waals surface area contributed by atoms with Crippen molar-refractivity contribution in [1.82, 2.24) is 5.32 Å². The fourth-order valence-electron chi connectivity index (χ4n) is 2.54. The predicted octanol–water partition coefficient (Wildman–Crippen LogP) is 2.70. The number of amides is 1. The first-order valence-electron chi connectivity index (χ1n) is 7.15. The summed E-state index contributed by atoms with van der Waals surface area (Å²) in [6.07, 6.45) is 4.06. The maximum Gasteiger partial charge on any atom is 0.238 e. The van der Waals surface area contributed by atoms with Crippen LogP contribution in [0.15, 0.2) is 24.3 Å². The largest absolute Gasteiger partial charge is 0.352 e. The second-order valence-electron chi connectivity index (χ2n) is 5.57. The Morgan fingerprint density at radius 2 is 2.05 bits per heavy atom. The van der Waals surface area contributed by atoms with Gasteiger partial charge in [-0.3, -0.25) is 4.79 Å². The summed E-state index contributed by atoms with van der Waals surface area (Å²) in [5, 5.41) is 2.28. The van der Waals surface area contributed by atoms with Crippen LogP contribution in [0.25, 0.3) is 0 Å². The lowest BCUT2D eigenvalue weighted by atomic mass is 10.2. The molecule has 1 aliphatic carbocycles. The van der Waals surface area contributed by atoms with Gasteiger partial charge in [-0.15, -0.1) is 0 Å². The maximum absolute atomic E-state index is 12.3. The molecule has 0 aromatic heterocycles. The maximum atomic E-state index is 12.3. The van der Waals surface area contributed by atoms with E-state index in [0.717, 1.165) is 25.7 Å². The van der Waals surface area contributed by atoms with Crippen LogP contribution in [0.4, 0.5) is 0 Å². The van der Waals surface area contributed by atoms with Crippen molar-refractivity contribution in [2.45, 2.75) is 49.7 Å². The summed E-state index contributed by atoms with van der Waals surface area (Å²) in [6.45, 7) is 1.45. The van der Waals surface area contributed by atoms with Gasteiger partial charge in [0.1, 0.15) is 5.25 Å². The summed E-state index contributed by atoms with van der Waals surface area (Å²) in [7, 11) is -3.54. The van der Waals surface area contributed by atoms with Gasteiger partial charge < -0.3 is 5.32 Å². The minimum Gasteiger partial charge on any atom is -0.352 e. The Labute approximate surface area is 130 Å². The van der Waals surface area contributed by atoms with E-state index in [2.05, 4.69) is 5.32 Å². The lowest BCUT2D eigenvalue weighted by Crippen LogP contribution is -2.42. The van der Waals surface area contributed by atoms with E-state index in [1.807, 2.05) is 0 Å². The lowest BCUT2D eigenvalue weighted by molar-refractivity contribution is -0.121. The van der Waals surface area contributed by atoms with Gasteiger partial charge in [-0.25, -0.2) is 8.42 Å². The topological polar surface area (TPSA) is 63.2 Å². The minimum absolute atomic E-state index is 0.126. The Kier molecular flexibility index (Phi) is 5.27. The summed E-state index contributed by atoms with van der Waals surface area (Å²) in [5.74, 6) is -0.573. The highest BCUT2D eigenvalue weighted by molar-refractivity contribution is 7.92. The number of carbonyl (C=O) groups excluding carboxylic acids is 1. The Hall–Kier alpha value is -1.07. The van der Waals surface area contributed by atoms with Gasteiger partial charge >= 0.3 is 0 Å². The number of sulfone groups is 1. The summed E-state index contributed by atoms with van der Waals surface area (Å²) in [5.41, 5.74) is 0.600. The van der Waals surface area contributed by atoms with Gasteiger partial charge in [0.05, 0.1) is 5.75 Å². The molecule has 6 heteroatoms. The molecule has 21 heavy (non-hydrogen) atoms. The zero-order valence-corrected chi connectivity index (χ0v) is 13.6. The van der Waals surface area contributed by atoms with Crippen LogP contribution in [0.5, 0.6) is 0 Å². The van der Waals surface area contributed by atoms with E-state index in [1.165, 1.54) is 6.92 Å². The van der Waals surface area contributed by atoms with Crippen LogP contribution < -0.4 is 5.32 Å². The third-order valence-electron chi connectivity index (χ3n) is 3.87. The predicted molar refractivity (Wildman–Crippen MR) is 83.9 cm³/mol. The SMILES string of the molecule is C[C@@H](C(=O)NC1CCCC1)S(=O)(=O)Cc1cccc(Cl)c1. The second-order valence-corrected chi connectivity index (χ2v) is 8.33. The normalized spacial score (nSPS) is 17.6. The molecule has 1 N–H and O–H groups in total. The Morgan fingerprint density at radius 1 is 1.38 bits per heavy atom. The van der Waals surface area contributed by atoms with Crippen molar-refractivity contribution in [3.05, 3.63) is 34.9 Å². The lowest BCUT2D eigenvalue weighted by Gasteiger charge is -2.17. The van der Waals surface area contributed by atoms with E-state index in [4.69, 9.17) is 11.6 Å². The molecule has 1 aliphatic rings. The molecule has 0 aliphatic heterocycles. The number of nitrogens with one attached hydrogen (secondary N) is 1. The third-order valence-corrected chi connectivity index (χ3v) is 6.13. The Balaban J connectivity index is 2.02. The van der Waals surface area contributed by atoms with E-state index in [-0.39, 0.29) is 11.8 Å². The van der Waals surface area contributed by atoms with Crippen LogP contribution in [-0.2, 0) is 20.4 Å². The first kappa shape index (κ1) is 16.3. The van der Waals surface area contributed by atoms with Crippen LogP contribution in [0.3, 0.4) is 0 Å². The first-order chi connectivity index (χ1) is 9.88. The molecule has 1 aromatic carbocycles. The quantitative estimate of drug-likeness (QED) is 0.903. The Bertz CT molecular complexity index is 609. The average molecular weight is 330 g/mol. The first-order valence-corrected chi connectivity index (χ1v) is 9.24. The van der Waals surface area contributed by atoms with Crippen LogP contribution in [0.2, 0.25) is 5.02 Å². The molecular weight excluding hydrogens is 310 g/mol. The van der Waals surface area contributed by atoms with Gasteiger partial charge in [0.15, 0.2) is 9.84 Å². The van der Waals surface area contributed by atoms with Crippen LogP contribution in [0.1, 0.15) is 38.2 Å². The smallest absolute Gasteiger partial charge is 0.238 e. The summed E-state index contributed by atoms with van der Waals surface area (Å²) < 4.78 is 24.6. The van der Waals surface area contributed by atoms with Crippen molar-refractivity contribution in [2.24, 2.45) is 0 Å². The highest BCUT2D eigenvalue weighted by atomic mass is 35.5. The van der Waals surface area contributed by atoms with Crippen LogP contribution in [0, 0.1) is 0 Å². The van der Waals surface area contributed by atoms with Crippen LogP contribution >= 0.6 is 11.6 Å². The van der Waals surface area contributed by atoms with E-state index in [1.54, 1.807) is 24.3 Å². The molecule has 0 heterocycles. The molecule has 0 spiro atoms. The average Bonchev–Trinajstić information content (AvgIpc) is 2.90. The van der Waals surface area contributed by atoms with Crippen molar-refractivity contribution in [3.63, 3.8) is 0 Å². The molecule has 1 fully saturated rings. The van der Waals surface area contributed by atoms with Crippen molar-refractivity contribution < 1.29 is 13.2 Å². The van der Waals surface area contributed by atoms with E-state index in [0.29, 0.717) is 10.6 Å². The standard InChI is InChI=1S/C15H20ClNO3S/c1-11(15(18)17-14-7-2-3-8-14)21(19,20)10-12-5-4-6-13(16)9-12/h4-6,9,11,14H,2-3,7-8,10H2,1H3,(H,17,18)/t11-/m0/s1. The number of rotatable bonds is 5. The molecule has 4 nitrogen and oxygen atoms in total. The molecule has 0 radical (unpaired) electrons. The minimum atomic E-state index is -3.54. The number of halogens is 1. The van der Waals surface area contributed by atoms with Gasteiger partial charge in [0.2, 0.25) is 5.91 Å². The van der Waals surface area contributed by atoms with Gasteiger partial charge in [0, 0.05) is 11.1 Å². The zero-order valence-electron chi connectivity index (χ0n) is 12.0. The number of carbonyl (C=O) groups is 1. The second kappa shape index (κ2) is 6.79. The van der Waals surface area contributed by atoms with Gasteiger partial charge in [0.25, 0.3) is 0 Å². The van der Waals surface area contributed by atoms with Gasteiger partial charge in [-0.1, -0.05) is 36.6 Å². The molecule has 2 rings (SSSR count). The van der Waals surface area contributed by atoms with Crippen molar-refractivity contribution in [1.29, 1.82) is 0 Å². The van der Waals surface area contributed by atoms with Gasteiger partial charge in [-0.2, -0.15) is 0 Å².